The lowest BCUT2D eigenvalue weighted by atomic mass is 10.3. The number of thiazole rings is 1. The van der Waals surface area contributed by atoms with E-state index in [9.17, 15) is 4.39 Å². The Morgan fingerprint density at radius 1 is 1.47 bits per heavy atom. The van der Waals surface area contributed by atoms with Crippen molar-refractivity contribution in [1.82, 2.24) is 9.88 Å². The van der Waals surface area contributed by atoms with Gasteiger partial charge in [0.1, 0.15) is 5.82 Å². The third kappa shape index (κ3) is 3.04. The van der Waals surface area contributed by atoms with Gasteiger partial charge in [0, 0.05) is 19.1 Å². The molecule has 5 heteroatoms. The molecule has 0 amide bonds. The number of halogens is 1. The normalized spacial score (nSPS) is 15.3. The summed E-state index contributed by atoms with van der Waals surface area (Å²) in [5.41, 5.74) is 0.864. The van der Waals surface area contributed by atoms with Gasteiger partial charge in [-0.15, -0.1) is 0 Å². The average Bonchev–Trinajstić information content (AvgIpc) is 3.15. The fourth-order valence-electron chi connectivity index (χ4n) is 2.32. The molecule has 0 spiro atoms. The molecule has 0 atom stereocenters. The Hall–Kier alpha value is -1.20. The summed E-state index contributed by atoms with van der Waals surface area (Å²) in [6.07, 6.45) is 2.68. The lowest BCUT2D eigenvalue weighted by Gasteiger charge is -2.19. The van der Waals surface area contributed by atoms with Crippen LogP contribution in [0.25, 0.3) is 10.2 Å². The molecule has 1 N–H and O–H groups in total. The highest BCUT2D eigenvalue weighted by Gasteiger charge is 2.27. The fraction of sp³-hybridized carbons (Fsp3) is 0.500. The van der Waals surface area contributed by atoms with Crippen LogP contribution in [0.15, 0.2) is 18.2 Å². The predicted molar refractivity (Wildman–Crippen MR) is 78.3 cm³/mol. The molecular weight excluding hydrogens is 261 g/mol. The van der Waals surface area contributed by atoms with E-state index in [1.807, 2.05) is 0 Å². The van der Waals surface area contributed by atoms with Gasteiger partial charge < -0.3 is 5.32 Å². The van der Waals surface area contributed by atoms with Crippen LogP contribution in [0.3, 0.4) is 0 Å². The van der Waals surface area contributed by atoms with Crippen LogP contribution in [0.5, 0.6) is 0 Å². The number of rotatable bonds is 6. The smallest absolute Gasteiger partial charge is 0.183 e. The van der Waals surface area contributed by atoms with Crippen LogP contribution >= 0.6 is 11.3 Å². The molecule has 0 saturated heterocycles. The standard InChI is InChI=1S/C14H18FN3S/c1-2-18(11-4-5-11)8-7-16-14-17-12-6-3-10(15)9-13(12)19-14/h3,6,9,11H,2,4-5,7-8H2,1H3,(H,16,17). The lowest BCUT2D eigenvalue weighted by molar-refractivity contribution is 0.289. The van der Waals surface area contributed by atoms with Crippen molar-refractivity contribution in [1.29, 1.82) is 0 Å². The van der Waals surface area contributed by atoms with E-state index in [0.717, 1.165) is 41.0 Å². The molecule has 1 aromatic carbocycles. The van der Waals surface area contributed by atoms with E-state index >= 15 is 0 Å². The van der Waals surface area contributed by atoms with Gasteiger partial charge in [-0.05, 0) is 37.6 Å². The summed E-state index contributed by atoms with van der Waals surface area (Å²) < 4.78 is 14.0. The van der Waals surface area contributed by atoms with Gasteiger partial charge in [0.2, 0.25) is 0 Å². The van der Waals surface area contributed by atoms with Crippen molar-refractivity contribution in [3.8, 4) is 0 Å². The van der Waals surface area contributed by atoms with Crippen molar-refractivity contribution >= 4 is 26.7 Å². The maximum atomic E-state index is 13.1. The Labute approximate surface area is 116 Å². The molecule has 1 heterocycles. The number of benzene rings is 1. The zero-order chi connectivity index (χ0) is 13.2. The van der Waals surface area contributed by atoms with E-state index in [2.05, 4.69) is 22.1 Å². The highest BCUT2D eigenvalue weighted by atomic mass is 32.1. The van der Waals surface area contributed by atoms with Crippen LogP contribution in [0.2, 0.25) is 0 Å². The Morgan fingerprint density at radius 3 is 3.05 bits per heavy atom. The van der Waals surface area contributed by atoms with Crippen LogP contribution in [0.1, 0.15) is 19.8 Å². The molecule has 1 aliphatic carbocycles. The van der Waals surface area contributed by atoms with Crippen molar-refractivity contribution < 1.29 is 4.39 Å². The lowest BCUT2D eigenvalue weighted by Crippen LogP contribution is -2.30. The maximum absolute atomic E-state index is 13.1. The Morgan fingerprint density at radius 2 is 2.32 bits per heavy atom. The SMILES string of the molecule is CCN(CCNc1nc2ccc(F)cc2s1)C1CC1. The van der Waals surface area contributed by atoms with Crippen LogP contribution in [0, 0.1) is 5.82 Å². The number of hydrogen-bond acceptors (Lipinski definition) is 4. The topological polar surface area (TPSA) is 28.2 Å². The Bertz CT molecular complexity index is 565. The molecule has 1 aromatic heterocycles. The zero-order valence-corrected chi connectivity index (χ0v) is 11.8. The molecule has 1 saturated carbocycles. The Kier molecular flexibility index (Phi) is 3.66. The molecule has 3 nitrogen and oxygen atoms in total. The molecule has 0 bridgehead atoms. The van der Waals surface area contributed by atoms with Crippen molar-refractivity contribution in [2.45, 2.75) is 25.8 Å². The minimum atomic E-state index is -0.200. The summed E-state index contributed by atoms with van der Waals surface area (Å²) in [5, 5.41) is 4.23. The van der Waals surface area contributed by atoms with Crippen LogP contribution in [0.4, 0.5) is 9.52 Å². The summed E-state index contributed by atoms with van der Waals surface area (Å²) in [4.78, 5) is 6.96. The van der Waals surface area contributed by atoms with Gasteiger partial charge in [-0.3, -0.25) is 4.90 Å². The number of nitrogens with one attached hydrogen (secondary N) is 1. The first-order chi connectivity index (χ1) is 9.26. The first-order valence-electron chi connectivity index (χ1n) is 6.80. The number of fused-ring (bicyclic) bond motifs is 1. The van der Waals surface area contributed by atoms with E-state index in [1.165, 1.54) is 30.2 Å². The van der Waals surface area contributed by atoms with E-state index < -0.39 is 0 Å². The second-order valence-corrected chi connectivity index (χ2v) is 5.95. The monoisotopic (exact) mass is 279 g/mol. The molecule has 0 radical (unpaired) electrons. The molecule has 0 aliphatic heterocycles. The number of anilines is 1. The average molecular weight is 279 g/mol. The van der Waals surface area contributed by atoms with Crippen LogP contribution in [-0.4, -0.2) is 35.6 Å². The molecule has 0 unspecified atom stereocenters. The van der Waals surface area contributed by atoms with Crippen LogP contribution in [-0.2, 0) is 0 Å². The van der Waals surface area contributed by atoms with E-state index in [-0.39, 0.29) is 5.82 Å². The molecule has 1 aliphatic rings. The van der Waals surface area contributed by atoms with Crippen molar-refractivity contribution in [3.63, 3.8) is 0 Å². The summed E-state index contributed by atoms with van der Waals surface area (Å²) in [7, 11) is 0. The van der Waals surface area contributed by atoms with Crippen molar-refractivity contribution in [2.24, 2.45) is 0 Å². The minimum Gasteiger partial charge on any atom is -0.360 e. The number of aromatic nitrogens is 1. The molecule has 2 aromatic rings. The number of likely N-dealkylation sites (N-methyl/N-ethyl adjacent to an activating group) is 1. The second kappa shape index (κ2) is 5.43. The molecular formula is C14H18FN3S. The van der Waals surface area contributed by atoms with Gasteiger partial charge in [-0.1, -0.05) is 18.3 Å². The third-order valence-electron chi connectivity index (χ3n) is 3.50. The predicted octanol–water partition coefficient (Wildman–Crippen LogP) is 3.33. The summed E-state index contributed by atoms with van der Waals surface area (Å²) in [6, 6.07) is 5.53. The molecule has 19 heavy (non-hydrogen) atoms. The largest absolute Gasteiger partial charge is 0.360 e. The van der Waals surface area contributed by atoms with Gasteiger partial charge in [0.05, 0.1) is 10.2 Å². The first-order valence-corrected chi connectivity index (χ1v) is 7.62. The fourth-order valence-corrected chi connectivity index (χ4v) is 3.24. The number of hydrogen-bond donors (Lipinski definition) is 1. The third-order valence-corrected chi connectivity index (χ3v) is 4.47. The highest BCUT2D eigenvalue weighted by molar-refractivity contribution is 7.22. The Balaban J connectivity index is 1.58. The quantitative estimate of drug-likeness (QED) is 0.879. The summed E-state index contributed by atoms with van der Waals surface area (Å²) >= 11 is 1.51. The van der Waals surface area contributed by atoms with Gasteiger partial charge in [-0.2, -0.15) is 0 Å². The van der Waals surface area contributed by atoms with Crippen LogP contribution < -0.4 is 5.32 Å². The summed E-state index contributed by atoms with van der Waals surface area (Å²) in [6.45, 7) is 5.26. The van der Waals surface area contributed by atoms with E-state index in [4.69, 9.17) is 0 Å². The van der Waals surface area contributed by atoms with Crippen molar-refractivity contribution in [3.05, 3.63) is 24.0 Å². The number of nitrogens with zero attached hydrogens (tertiary/aromatic N) is 2. The van der Waals surface area contributed by atoms with Gasteiger partial charge in [0.25, 0.3) is 0 Å². The van der Waals surface area contributed by atoms with E-state index in [0.29, 0.717) is 0 Å². The molecule has 1 fully saturated rings. The minimum absolute atomic E-state index is 0.200. The van der Waals surface area contributed by atoms with Gasteiger partial charge >= 0.3 is 0 Å². The van der Waals surface area contributed by atoms with E-state index in [1.54, 1.807) is 12.1 Å². The van der Waals surface area contributed by atoms with Crippen molar-refractivity contribution in [2.75, 3.05) is 25.0 Å². The van der Waals surface area contributed by atoms with Gasteiger partial charge in [0.15, 0.2) is 5.13 Å². The highest BCUT2D eigenvalue weighted by Crippen LogP contribution is 2.27. The first kappa shape index (κ1) is 12.8. The zero-order valence-electron chi connectivity index (χ0n) is 11.0. The second-order valence-electron chi connectivity index (χ2n) is 4.92. The molecule has 3 rings (SSSR count). The summed E-state index contributed by atoms with van der Waals surface area (Å²) in [5.74, 6) is -0.200. The maximum Gasteiger partial charge on any atom is 0.183 e. The molecule has 102 valence electrons. The van der Waals surface area contributed by atoms with Gasteiger partial charge in [-0.25, -0.2) is 9.37 Å².